The highest BCUT2D eigenvalue weighted by Crippen LogP contribution is 2.16. The van der Waals surface area contributed by atoms with E-state index in [-0.39, 0.29) is 5.91 Å². The number of nitrogens with one attached hydrogen (secondary N) is 2. The van der Waals surface area contributed by atoms with Crippen LogP contribution in [0.5, 0.6) is 0 Å². The van der Waals surface area contributed by atoms with Crippen molar-refractivity contribution >= 4 is 11.9 Å². The van der Waals surface area contributed by atoms with Crippen molar-refractivity contribution in [2.45, 2.75) is 25.7 Å². The standard InChI is InChI=1S/C11H19N5O/c1-16-11(13-8-14-16)15-10(17)5-4-9-3-2-6-12-7-9/h8-9,12H,2-7H2,1H3,(H,13,14,15,17). The molecule has 2 rings (SSSR count). The minimum atomic E-state index is 0.0201. The number of rotatable bonds is 4. The van der Waals surface area contributed by atoms with Crippen LogP contribution in [-0.2, 0) is 11.8 Å². The molecule has 0 radical (unpaired) electrons. The van der Waals surface area contributed by atoms with Gasteiger partial charge < -0.3 is 5.32 Å². The fourth-order valence-electron chi connectivity index (χ4n) is 2.10. The molecule has 1 atom stereocenters. The predicted octanol–water partition coefficient (Wildman–Crippen LogP) is 0.533. The molecular formula is C11H19N5O. The van der Waals surface area contributed by atoms with Gasteiger partial charge in [0.05, 0.1) is 0 Å². The maximum absolute atomic E-state index is 11.7. The van der Waals surface area contributed by atoms with Crippen LogP contribution >= 0.6 is 0 Å². The van der Waals surface area contributed by atoms with Crippen molar-refractivity contribution in [2.24, 2.45) is 13.0 Å². The van der Waals surface area contributed by atoms with E-state index in [4.69, 9.17) is 0 Å². The number of piperidine rings is 1. The van der Waals surface area contributed by atoms with Crippen LogP contribution in [0.15, 0.2) is 6.33 Å². The van der Waals surface area contributed by atoms with E-state index in [2.05, 4.69) is 20.7 Å². The highest BCUT2D eigenvalue weighted by molar-refractivity contribution is 5.88. The number of hydrogen-bond acceptors (Lipinski definition) is 4. The van der Waals surface area contributed by atoms with Gasteiger partial charge >= 0.3 is 0 Å². The van der Waals surface area contributed by atoms with Crippen LogP contribution in [0.1, 0.15) is 25.7 Å². The monoisotopic (exact) mass is 237 g/mol. The Balaban J connectivity index is 1.72. The molecule has 1 unspecified atom stereocenters. The van der Waals surface area contributed by atoms with Crippen LogP contribution in [0.2, 0.25) is 0 Å². The summed E-state index contributed by atoms with van der Waals surface area (Å²) in [4.78, 5) is 15.7. The minimum Gasteiger partial charge on any atom is -0.316 e. The summed E-state index contributed by atoms with van der Waals surface area (Å²) in [6.07, 6.45) is 5.37. The topological polar surface area (TPSA) is 71.8 Å². The number of carbonyl (C=O) groups excluding carboxylic acids is 1. The Morgan fingerprint density at radius 3 is 3.24 bits per heavy atom. The molecular weight excluding hydrogens is 218 g/mol. The number of hydrogen-bond donors (Lipinski definition) is 2. The Labute approximate surface area is 101 Å². The molecule has 0 saturated carbocycles. The second kappa shape index (κ2) is 5.77. The Bertz CT molecular complexity index is 370. The molecule has 17 heavy (non-hydrogen) atoms. The smallest absolute Gasteiger partial charge is 0.227 e. The van der Waals surface area contributed by atoms with Gasteiger partial charge in [0.2, 0.25) is 11.9 Å². The second-order valence-electron chi connectivity index (χ2n) is 4.51. The summed E-state index contributed by atoms with van der Waals surface area (Å²) >= 11 is 0. The Kier molecular flexibility index (Phi) is 4.08. The summed E-state index contributed by atoms with van der Waals surface area (Å²) in [6.45, 7) is 2.15. The zero-order valence-electron chi connectivity index (χ0n) is 10.1. The molecule has 1 aromatic rings. The van der Waals surface area contributed by atoms with Crippen molar-refractivity contribution in [1.82, 2.24) is 20.1 Å². The average molecular weight is 237 g/mol. The largest absolute Gasteiger partial charge is 0.316 e. The first-order valence-electron chi connectivity index (χ1n) is 6.10. The third kappa shape index (κ3) is 3.52. The first-order valence-corrected chi connectivity index (χ1v) is 6.10. The van der Waals surface area contributed by atoms with Crippen LogP contribution < -0.4 is 10.6 Å². The van der Waals surface area contributed by atoms with Crippen molar-refractivity contribution in [1.29, 1.82) is 0 Å². The fourth-order valence-corrected chi connectivity index (χ4v) is 2.10. The molecule has 0 aromatic carbocycles. The molecule has 0 spiro atoms. The van der Waals surface area contributed by atoms with Crippen molar-refractivity contribution < 1.29 is 4.79 Å². The molecule has 1 amide bonds. The molecule has 1 aliphatic heterocycles. The molecule has 1 aliphatic rings. The lowest BCUT2D eigenvalue weighted by atomic mass is 9.94. The lowest BCUT2D eigenvalue weighted by Crippen LogP contribution is -2.30. The normalized spacial score (nSPS) is 20.2. The van der Waals surface area contributed by atoms with Gasteiger partial charge in [0.25, 0.3) is 0 Å². The molecule has 6 nitrogen and oxygen atoms in total. The van der Waals surface area contributed by atoms with Crippen LogP contribution in [0.25, 0.3) is 0 Å². The highest BCUT2D eigenvalue weighted by atomic mass is 16.1. The van der Waals surface area contributed by atoms with E-state index < -0.39 is 0 Å². The van der Waals surface area contributed by atoms with Gasteiger partial charge in [-0.05, 0) is 38.3 Å². The van der Waals surface area contributed by atoms with Crippen LogP contribution in [-0.4, -0.2) is 33.8 Å². The molecule has 1 fully saturated rings. The van der Waals surface area contributed by atoms with E-state index in [0.717, 1.165) is 19.5 Å². The van der Waals surface area contributed by atoms with E-state index in [1.54, 1.807) is 11.7 Å². The van der Waals surface area contributed by atoms with Gasteiger partial charge in [-0.25, -0.2) is 4.68 Å². The summed E-state index contributed by atoms with van der Waals surface area (Å²) < 4.78 is 1.56. The zero-order chi connectivity index (χ0) is 12.1. The van der Waals surface area contributed by atoms with Gasteiger partial charge in [0.1, 0.15) is 6.33 Å². The van der Waals surface area contributed by atoms with Crippen molar-refractivity contribution in [3.05, 3.63) is 6.33 Å². The lowest BCUT2D eigenvalue weighted by molar-refractivity contribution is -0.116. The van der Waals surface area contributed by atoms with Crippen LogP contribution in [0, 0.1) is 5.92 Å². The van der Waals surface area contributed by atoms with Gasteiger partial charge in [0.15, 0.2) is 0 Å². The van der Waals surface area contributed by atoms with E-state index >= 15 is 0 Å². The molecule has 6 heteroatoms. The van der Waals surface area contributed by atoms with Crippen LogP contribution in [0.3, 0.4) is 0 Å². The lowest BCUT2D eigenvalue weighted by Gasteiger charge is -2.22. The molecule has 1 saturated heterocycles. The summed E-state index contributed by atoms with van der Waals surface area (Å²) in [5.74, 6) is 1.16. The summed E-state index contributed by atoms with van der Waals surface area (Å²) in [6, 6.07) is 0. The Hall–Kier alpha value is -1.43. The Morgan fingerprint density at radius 2 is 2.59 bits per heavy atom. The number of aromatic nitrogens is 3. The van der Waals surface area contributed by atoms with E-state index in [9.17, 15) is 4.79 Å². The maximum atomic E-state index is 11.7. The van der Waals surface area contributed by atoms with Gasteiger partial charge in [-0.3, -0.25) is 10.1 Å². The molecule has 0 bridgehead atoms. The number of amides is 1. The summed E-state index contributed by atoms with van der Waals surface area (Å²) in [5, 5.41) is 10.0. The van der Waals surface area contributed by atoms with Crippen LogP contribution in [0.4, 0.5) is 5.95 Å². The molecule has 2 N–H and O–H groups in total. The summed E-state index contributed by atoms with van der Waals surface area (Å²) in [7, 11) is 1.76. The number of aryl methyl sites for hydroxylation is 1. The SMILES string of the molecule is Cn1ncnc1NC(=O)CCC1CCCNC1. The van der Waals surface area contributed by atoms with E-state index in [0.29, 0.717) is 18.3 Å². The van der Waals surface area contributed by atoms with E-state index in [1.807, 2.05) is 0 Å². The van der Waals surface area contributed by atoms with Crippen molar-refractivity contribution in [3.8, 4) is 0 Å². The predicted molar refractivity (Wildman–Crippen MR) is 64.5 cm³/mol. The van der Waals surface area contributed by atoms with Crippen molar-refractivity contribution in [2.75, 3.05) is 18.4 Å². The minimum absolute atomic E-state index is 0.0201. The van der Waals surface area contributed by atoms with Gasteiger partial charge in [-0.15, -0.1) is 0 Å². The molecule has 94 valence electrons. The summed E-state index contributed by atoms with van der Waals surface area (Å²) in [5.41, 5.74) is 0. The third-order valence-corrected chi connectivity index (χ3v) is 3.14. The average Bonchev–Trinajstić information content (AvgIpc) is 2.74. The third-order valence-electron chi connectivity index (χ3n) is 3.14. The number of carbonyl (C=O) groups is 1. The number of nitrogens with zero attached hydrogens (tertiary/aromatic N) is 3. The zero-order valence-corrected chi connectivity index (χ0v) is 10.1. The maximum Gasteiger partial charge on any atom is 0.227 e. The Morgan fingerprint density at radius 1 is 1.71 bits per heavy atom. The number of anilines is 1. The second-order valence-corrected chi connectivity index (χ2v) is 4.51. The molecule has 0 aliphatic carbocycles. The molecule has 1 aromatic heterocycles. The highest BCUT2D eigenvalue weighted by Gasteiger charge is 2.15. The van der Waals surface area contributed by atoms with Gasteiger partial charge in [0, 0.05) is 13.5 Å². The van der Waals surface area contributed by atoms with Gasteiger partial charge in [-0.1, -0.05) is 0 Å². The first kappa shape index (κ1) is 12.0. The molecule has 2 heterocycles. The first-order chi connectivity index (χ1) is 8.25. The quantitative estimate of drug-likeness (QED) is 0.801. The van der Waals surface area contributed by atoms with E-state index in [1.165, 1.54) is 19.2 Å². The van der Waals surface area contributed by atoms with Crippen molar-refractivity contribution in [3.63, 3.8) is 0 Å². The fraction of sp³-hybridized carbons (Fsp3) is 0.727. The van der Waals surface area contributed by atoms with Gasteiger partial charge in [-0.2, -0.15) is 10.1 Å².